The Kier molecular flexibility index (Phi) is 30.8. The molecule has 4 aromatic heterocycles. The van der Waals surface area contributed by atoms with E-state index in [1.807, 2.05) is 103 Å². The maximum atomic E-state index is 11.0. The Labute approximate surface area is 740 Å². The van der Waals surface area contributed by atoms with Crippen molar-refractivity contribution in [2.45, 2.75) is 105 Å². The molecule has 4 heterocycles. The van der Waals surface area contributed by atoms with E-state index in [-0.39, 0.29) is 54.2 Å². The molecule has 566 valence electrons. The maximum Gasteiger partial charge on any atom is 0 e. The standard InChI is InChI=1S/C48H45N3O.C48H44N3O.4ClH.2K.2Pt/c2*1-47(2,3)37-27-35(28-38(32-37)48(4,5)6)36-30-42(50-43(31-36)41-22-11-13-24-45(41)52)34-19-16-20-39(29-34)51(46-25-14-15-26-49-46)44-23-12-10-21-40(44)33-17-8-7-9-18-33;;;;;;;;/h7-32,52H,1-6H3;7-28,30-32,52H,1-6H3;4*1H;;;;/q;-1;;;;;;;;+4/p-4. The Morgan fingerprint density at radius 1 is 0.321 bits per heavy atom. The number of phenols is 2. The van der Waals surface area contributed by atoms with Crippen LogP contribution in [0.1, 0.15) is 105 Å². The van der Waals surface area contributed by atoms with Gasteiger partial charge in [-0.2, -0.15) is 0 Å². The normalized spacial score (nSPS) is 11.6. The molecule has 0 aliphatic rings. The van der Waals surface area contributed by atoms with Crippen LogP contribution in [-0.2, 0) is 54.6 Å². The number of aromatic nitrogens is 4. The van der Waals surface area contributed by atoms with Crippen molar-refractivity contribution in [2.75, 3.05) is 9.80 Å². The molecule has 0 fully saturated rings. The molecule has 0 unspecified atom stereocenters. The molecule has 0 saturated carbocycles. The number of benzene rings is 10. The number of phenolic OH excluding ortho intramolecular Hbond substituents is 2. The monoisotopic (exact) mass is 1970 g/mol. The Morgan fingerprint density at radius 2 is 0.661 bits per heavy atom. The maximum absolute atomic E-state index is 11.0. The van der Waals surface area contributed by atoms with Gasteiger partial charge in [0.15, 0.2) is 0 Å². The summed E-state index contributed by atoms with van der Waals surface area (Å²) in [7, 11) is 20.0. The van der Waals surface area contributed by atoms with Crippen molar-refractivity contribution in [1.29, 1.82) is 0 Å². The summed E-state index contributed by atoms with van der Waals surface area (Å²) >= 11 is -0.556. The quantitative estimate of drug-likeness (QED) is 0.0821. The van der Waals surface area contributed by atoms with Gasteiger partial charge in [0.05, 0.1) is 28.5 Å². The van der Waals surface area contributed by atoms with Gasteiger partial charge in [-0.05, 0) is 180 Å². The van der Waals surface area contributed by atoms with Gasteiger partial charge in [0.2, 0.25) is 0 Å². The van der Waals surface area contributed by atoms with Crippen LogP contribution in [0.2, 0.25) is 0 Å². The number of nitrogens with zero attached hydrogens (tertiary/aromatic N) is 6. The van der Waals surface area contributed by atoms with E-state index in [0.29, 0.717) is 22.5 Å². The number of rotatable bonds is 14. The van der Waals surface area contributed by atoms with Crippen molar-refractivity contribution in [1.82, 2.24) is 19.9 Å². The molecule has 16 heteroatoms. The van der Waals surface area contributed by atoms with Gasteiger partial charge >= 0.3 is 113 Å². The van der Waals surface area contributed by atoms with Gasteiger partial charge in [-0.15, -0.1) is 29.8 Å². The first kappa shape index (κ1) is 88.2. The van der Waals surface area contributed by atoms with Crippen molar-refractivity contribution in [2.24, 2.45) is 0 Å². The minimum absolute atomic E-state index is 0. The number of hydrogen-bond donors (Lipinski definition) is 2. The second kappa shape index (κ2) is 39.2. The van der Waals surface area contributed by atoms with Crippen molar-refractivity contribution < 1.29 is 43.2 Å². The number of anilines is 6. The summed E-state index contributed by atoms with van der Waals surface area (Å²) < 4.78 is 0. The first-order valence-corrected chi connectivity index (χ1v) is 64.4. The number of para-hydroxylation sites is 4. The largest absolute Gasteiger partial charge is 0 e. The second-order valence-corrected chi connectivity index (χ2v) is 50.7. The molecular formula is C96H89Cl4K2N6O2Pt2-. The van der Waals surface area contributed by atoms with Crippen molar-refractivity contribution in [3.05, 3.63) is 338 Å². The van der Waals surface area contributed by atoms with Gasteiger partial charge < -0.3 is 15.1 Å². The van der Waals surface area contributed by atoms with Crippen LogP contribution in [0.25, 0.3) is 89.5 Å². The van der Waals surface area contributed by atoms with Gasteiger partial charge in [-0.3, -0.25) is 9.88 Å². The third kappa shape index (κ3) is 23.1. The zero-order valence-electron chi connectivity index (χ0n) is 65.7. The SMILES string of the molecule is CC(C)(C)c1cc(-c2cc(-c3[c-]c(N(c4ccccn4)c4ccccc4-c4ccccc4)ccc3)nc(-c3ccccc3O)c2)cc(C(C)(C)C)c1.CC(C)(C)c1cc(-c2cc(-c3cccc(N(c4ccccn4)c4ccccc4-c4ccccc4)c3)nc(-c3ccccc3O)c2)cc(C(C)(C)C)c1.[Cl][Pt]([Cl])([Cl])[Cl].[K][K].[Pt]. The van der Waals surface area contributed by atoms with E-state index >= 15 is 0 Å². The van der Waals surface area contributed by atoms with E-state index in [1.165, 1.54) is 85.4 Å². The third-order valence-electron chi connectivity index (χ3n) is 18.9. The molecule has 0 spiro atoms. The molecule has 10 aromatic carbocycles. The number of pyridine rings is 4. The number of aromatic hydroxyl groups is 2. The molecule has 14 aromatic rings. The Balaban J connectivity index is 0.000000218. The van der Waals surface area contributed by atoms with Crippen LogP contribution in [0.3, 0.4) is 0 Å². The number of hydrogen-bond acceptors (Lipinski definition) is 8. The van der Waals surface area contributed by atoms with Crippen molar-refractivity contribution in [3.63, 3.8) is 0 Å². The summed E-state index contributed by atoms with van der Waals surface area (Å²) in [4.78, 5) is 24.4. The summed E-state index contributed by atoms with van der Waals surface area (Å²) in [5.41, 5.74) is 23.6. The molecule has 0 radical (unpaired) electrons. The smallest absolute Gasteiger partial charge is 0 e. The zero-order valence-corrected chi connectivity index (χ0v) is 79.5. The van der Waals surface area contributed by atoms with Gasteiger partial charge in [0, 0.05) is 67.0 Å². The van der Waals surface area contributed by atoms with Gasteiger partial charge in [-0.25, -0.2) is 15.0 Å². The van der Waals surface area contributed by atoms with Crippen LogP contribution in [0.4, 0.5) is 34.4 Å². The van der Waals surface area contributed by atoms with E-state index in [2.05, 4.69) is 293 Å². The van der Waals surface area contributed by atoms with Crippen molar-refractivity contribution >= 4 is 135 Å². The van der Waals surface area contributed by atoms with Crippen LogP contribution in [0.15, 0.2) is 310 Å². The minimum atomic E-state index is -3.06. The summed E-state index contributed by atoms with van der Waals surface area (Å²) in [6.45, 7) is 27.1. The fourth-order valence-electron chi connectivity index (χ4n) is 13.0. The second-order valence-electron chi connectivity index (χ2n) is 31.0. The first-order valence-electron chi connectivity index (χ1n) is 37.2. The van der Waals surface area contributed by atoms with E-state index in [1.54, 1.807) is 12.1 Å². The Hall–Kier alpha value is -6.19. The summed E-state index contributed by atoms with van der Waals surface area (Å²) in [5, 5.41) is 22.0. The average molecular weight is 1970 g/mol. The first-order chi connectivity index (χ1) is 52.9. The molecular weight excluding hydrogens is 1880 g/mol. The number of halogens is 4. The van der Waals surface area contributed by atoms with Crippen LogP contribution in [0.5, 0.6) is 11.5 Å². The average Bonchev–Trinajstić information content (AvgIpc) is 0.778. The molecule has 0 aliphatic heterocycles. The van der Waals surface area contributed by atoms with Gasteiger partial charge in [0.25, 0.3) is 0 Å². The topological polar surface area (TPSA) is 98.5 Å². The Morgan fingerprint density at radius 3 is 1.08 bits per heavy atom. The Bertz CT molecular complexity index is 5090. The summed E-state index contributed by atoms with van der Waals surface area (Å²) in [6, 6.07) is 105. The van der Waals surface area contributed by atoms with E-state index in [9.17, 15) is 10.2 Å². The molecule has 14 rings (SSSR count). The molecule has 0 atom stereocenters. The molecule has 0 saturated heterocycles. The van der Waals surface area contributed by atoms with Gasteiger partial charge in [0.1, 0.15) is 23.1 Å². The minimum Gasteiger partial charge on any atom is 0 e. The van der Waals surface area contributed by atoms with Crippen LogP contribution >= 0.6 is 37.7 Å². The molecule has 2 N–H and O–H groups in total. The van der Waals surface area contributed by atoms with E-state index in [4.69, 9.17) is 57.6 Å². The fraction of sp³-hybridized carbons (Fsp3) is 0.167. The summed E-state index contributed by atoms with van der Waals surface area (Å²) in [6.07, 6.45) is 3.65. The third-order valence-corrected chi connectivity index (χ3v) is 18.9. The van der Waals surface area contributed by atoms with Crippen molar-refractivity contribution in [3.8, 4) is 101 Å². The summed E-state index contributed by atoms with van der Waals surface area (Å²) in [5.74, 6) is 1.98. The van der Waals surface area contributed by atoms with Crippen LogP contribution in [0, 0.1) is 6.07 Å². The zero-order chi connectivity index (χ0) is 79.4. The predicted octanol–water partition coefficient (Wildman–Crippen LogP) is 27.6. The van der Waals surface area contributed by atoms with Crippen LogP contribution < -0.4 is 9.80 Å². The van der Waals surface area contributed by atoms with Crippen LogP contribution in [-0.4, -0.2) is 93.3 Å². The predicted molar refractivity (Wildman–Crippen MR) is 469 cm³/mol. The molecule has 8 nitrogen and oxygen atoms in total. The molecule has 0 amide bonds. The fourth-order valence-corrected chi connectivity index (χ4v) is 13.0. The molecule has 112 heavy (non-hydrogen) atoms. The molecule has 0 bridgehead atoms. The van der Waals surface area contributed by atoms with E-state index in [0.717, 1.165) is 101 Å². The molecule has 0 aliphatic carbocycles. The van der Waals surface area contributed by atoms with Gasteiger partial charge in [-0.1, -0.05) is 271 Å². The van der Waals surface area contributed by atoms with E-state index < -0.39 is 11.9 Å².